The molecular weight excluding hydrogens is 364 g/mol. The molecule has 0 radical (unpaired) electrons. The quantitative estimate of drug-likeness (QED) is 0.533. The van der Waals surface area contributed by atoms with Gasteiger partial charge in [0.1, 0.15) is 23.5 Å². The Morgan fingerprint density at radius 2 is 1.96 bits per heavy atom. The van der Waals surface area contributed by atoms with E-state index in [-0.39, 0.29) is 11.6 Å². The van der Waals surface area contributed by atoms with E-state index in [9.17, 15) is 4.79 Å². The van der Waals surface area contributed by atoms with Crippen molar-refractivity contribution in [2.75, 3.05) is 10.6 Å². The summed E-state index contributed by atoms with van der Waals surface area (Å²) in [5, 5.41) is 11.3. The number of aromatic amines is 1. The van der Waals surface area contributed by atoms with Gasteiger partial charge in [0.25, 0.3) is 5.91 Å². The molecule has 27 heavy (non-hydrogen) atoms. The van der Waals surface area contributed by atoms with Crippen LogP contribution in [0.3, 0.4) is 0 Å². The van der Waals surface area contributed by atoms with E-state index in [2.05, 4.69) is 30.9 Å². The number of nitrogens with one attached hydrogen (secondary N) is 4. The summed E-state index contributed by atoms with van der Waals surface area (Å²) in [7, 11) is 0. The standard InChI is InChI=1S/C19H19ClN6O/c20-13-8-11(24-17-12-4-7-21-16(12)22-10-23-17)9-14-15(13)18(27)26-19(25-14)5-2-1-3-6-19/h4,7-10,25H,1-3,5-6H2,(H,26,27)(H2,21,22,23,24). The second-order valence-electron chi connectivity index (χ2n) is 7.19. The number of nitrogens with zero attached hydrogens (tertiary/aromatic N) is 2. The molecule has 138 valence electrons. The molecule has 1 fully saturated rings. The van der Waals surface area contributed by atoms with Gasteiger partial charge in [-0.15, -0.1) is 0 Å². The van der Waals surface area contributed by atoms with Gasteiger partial charge in [-0.05, 0) is 43.9 Å². The van der Waals surface area contributed by atoms with Crippen molar-refractivity contribution in [3.8, 4) is 0 Å². The summed E-state index contributed by atoms with van der Waals surface area (Å²) in [5.74, 6) is 0.571. The van der Waals surface area contributed by atoms with Crippen LogP contribution < -0.4 is 16.0 Å². The Morgan fingerprint density at radius 3 is 2.81 bits per heavy atom. The van der Waals surface area contributed by atoms with Crippen molar-refractivity contribution in [3.63, 3.8) is 0 Å². The molecule has 1 amide bonds. The lowest BCUT2D eigenvalue weighted by atomic mass is 9.86. The number of aromatic nitrogens is 3. The van der Waals surface area contributed by atoms with Crippen LogP contribution in [0, 0.1) is 0 Å². The van der Waals surface area contributed by atoms with Gasteiger partial charge in [0.05, 0.1) is 21.7 Å². The van der Waals surface area contributed by atoms with Gasteiger partial charge < -0.3 is 20.9 Å². The van der Waals surface area contributed by atoms with Gasteiger partial charge in [-0.1, -0.05) is 18.0 Å². The van der Waals surface area contributed by atoms with Crippen molar-refractivity contribution < 1.29 is 4.79 Å². The lowest BCUT2D eigenvalue weighted by Gasteiger charge is -2.43. The zero-order valence-electron chi connectivity index (χ0n) is 14.6. The van der Waals surface area contributed by atoms with Crippen LogP contribution in [0.15, 0.2) is 30.7 Å². The molecular formula is C19H19ClN6O. The van der Waals surface area contributed by atoms with Crippen LogP contribution in [0.5, 0.6) is 0 Å². The number of rotatable bonds is 2. The number of H-pyrrole nitrogens is 1. The first-order valence-electron chi connectivity index (χ1n) is 9.13. The number of hydrogen-bond donors (Lipinski definition) is 4. The highest BCUT2D eigenvalue weighted by Gasteiger charge is 2.39. The average Bonchev–Trinajstić information content (AvgIpc) is 3.11. The van der Waals surface area contributed by atoms with Gasteiger partial charge in [-0.2, -0.15) is 0 Å². The highest BCUT2D eigenvalue weighted by molar-refractivity contribution is 6.35. The first-order valence-corrected chi connectivity index (χ1v) is 9.51. The van der Waals surface area contributed by atoms with Crippen LogP contribution in [0.4, 0.5) is 17.2 Å². The number of carbonyl (C=O) groups is 1. The summed E-state index contributed by atoms with van der Waals surface area (Å²) in [6.45, 7) is 0. The minimum atomic E-state index is -0.368. The highest BCUT2D eigenvalue weighted by Crippen LogP contribution is 2.39. The monoisotopic (exact) mass is 382 g/mol. The second-order valence-corrected chi connectivity index (χ2v) is 7.60. The van der Waals surface area contributed by atoms with E-state index in [0.29, 0.717) is 16.4 Å². The summed E-state index contributed by atoms with van der Waals surface area (Å²) < 4.78 is 0. The largest absolute Gasteiger partial charge is 0.362 e. The summed E-state index contributed by atoms with van der Waals surface area (Å²) in [6, 6.07) is 5.60. The van der Waals surface area contributed by atoms with E-state index in [1.165, 1.54) is 12.7 Å². The molecule has 7 nitrogen and oxygen atoms in total. The van der Waals surface area contributed by atoms with Crippen LogP contribution in [0.25, 0.3) is 11.0 Å². The molecule has 3 heterocycles. The van der Waals surface area contributed by atoms with Gasteiger partial charge in [0, 0.05) is 11.9 Å². The van der Waals surface area contributed by atoms with Crippen LogP contribution in [-0.2, 0) is 0 Å². The smallest absolute Gasteiger partial charge is 0.256 e. The number of anilines is 3. The topological polar surface area (TPSA) is 94.7 Å². The highest BCUT2D eigenvalue weighted by atomic mass is 35.5. The van der Waals surface area contributed by atoms with E-state index in [1.54, 1.807) is 6.07 Å². The summed E-state index contributed by atoms with van der Waals surface area (Å²) in [4.78, 5) is 24.3. The average molecular weight is 383 g/mol. The third-order valence-electron chi connectivity index (χ3n) is 5.37. The van der Waals surface area contributed by atoms with Crippen LogP contribution in [-0.4, -0.2) is 26.5 Å². The Hall–Kier alpha value is -2.80. The van der Waals surface area contributed by atoms with Gasteiger partial charge in [-0.25, -0.2) is 9.97 Å². The van der Waals surface area contributed by atoms with Gasteiger partial charge in [0.2, 0.25) is 0 Å². The molecule has 1 aliphatic heterocycles. The molecule has 8 heteroatoms. The SMILES string of the molecule is O=C1NC2(CCCCC2)Nc2cc(Nc3ncnc4[nH]ccc34)cc(Cl)c21. The van der Waals surface area contributed by atoms with Crippen molar-refractivity contribution in [2.45, 2.75) is 37.8 Å². The maximum absolute atomic E-state index is 12.7. The van der Waals surface area contributed by atoms with Crippen LogP contribution in [0.1, 0.15) is 42.5 Å². The maximum Gasteiger partial charge on any atom is 0.256 e. The molecule has 1 saturated carbocycles. The summed E-state index contributed by atoms with van der Waals surface area (Å²) in [6.07, 6.45) is 8.57. The molecule has 1 aliphatic carbocycles. The van der Waals surface area contributed by atoms with Gasteiger partial charge in [-0.3, -0.25) is 4.79 Å². The Labute approximate surface area is 160 Å². The van der Waals surface area contributed by atoms with Crippen molar-refractivity contribution in [3.05, 3.63) is 41.3 Å². The number of hydrogen-bond acceptors (Lipinski definition) is 5. The first kappa shape index (κ1) is 16.4. The summed E-state index contributed by atoms with van der Waals surface area (Å²) >= 11 is 6.45. The number of fused-ring (bicyclic) bond motifs is 2. The number of halogens is 1. The van der Waals surface area contributed by atoms with Crippen molar-refractivity contribution in [1.29, 1.82) is 0 Å². The lowest BCUT2D eigenvalue weighted by molar-refractivity contribution is 0.0876. The zero-order chi connectivity index (χ0) is 18.4. The molecule has 1 aromatic carbocycles. The van der Waals surface area contributed by atoms with Crippen LogP contribution >= 0.6 is 11.6 Å². The maximum atomic E-state index is 12.7. The second kappa shape index (κ2) is 6.13. The Bertz CT molecular complexity index is 1040. The normalized spacial score (nSPS) is 18.0. The molecule has 4 N–H and O–H groups in total. The molecule has 5 rings (SSSR count). The van der Waals surface area contributed by atoms with E-state index in [1.807, 2.05) is 18.3 Å². The van der Waals surface area contributed by atoms with Gasteiger partial charge >= 0.3 is 0 Å². The Balaban J connectivity index is 1.53. The van der Waals surface area contributed by atoms with Crippen molar-refractivity contribution in [2.24, 2.45) is 0 Å². The minimum Gasteiger partial charge on any atom is -0.362 e. The Kier molecular flexibility index (Phi) is 3.72. The van der Waals surface area contributed by atoms with Crippen molar-refractivity contribution in [1.82, 2.24) is 20.3 Å². The van der Waals surface area contributed by atoms with E-state index < -0.39 is 0 Å². The fourth-order valence-corrected chi connectivity index (χ4v) is 4.40. The summed E-state index contributed by atoms with van der Waals surface area (Å²) in [5.41, 5.74) is 2.42. The number of carbonyl (C=O) groups excluding carboxylic acids is 1. The van der Waals surface area contributed by atoms with Crippen LogP contribution in [0.2, 0.25) is 5.02 Å². The fraction of sp³-hybridized carbons (Fsp3) is 0.316. The van der Waals surface area contributed by atoms with E-state index in [4.69, 9.17) is 11.6 Å². The molecule has 0 atom stereocenters. The molecule has 2 aliphatic rings. The van der Waals surface area contributed by atoms with Crippen molar-refractivity contribution >= 4 is 45.7 Å². The lowest BCUT2D eigenvalue weighted by Crippen LogP contribution is -2.58. The predicted molar refractivity (Wildman–Crippen MR) is 106 cm³/mol. The molecule has 1 spiro atoms. The minimum absolute atomic E-state index is 0.114. The first-order chi connectivity index (χ1) is 13.1. The Morgan fingerprint density at radius 1 is 1.11 bits per heavy atom. The van der Waals surface area contributed by atoms with E-state index >= 15 is 0 Å². The van der Waals surface area contributed by atoms with Gasteiger partial charge in [0.15, 0.2) is 0 Å². The molecule has 0 unspecified atom stereocenters. The molecule has 3 aromatic rings. The fourth-order valence-electron chi connectivity index (χ4n) is 4.09. The molecule has 0 saturated heterocycles. The molecule has 2 aromatic heterocycles. The predicted octanol–water partition coefficient (Wildman–Crippen LogP) is 4.17. The van der Waals surface area contributed by atoms with E-state index in [0.717, 1.165) is 48.1 Å². The third kappa shape index (κ3) is 2.78. The number of amides is 1. The molecule has 0 bridgehead atoms. The zero-order valence-corrected chi connectivity index (χ0v) is 15.4. The third-order valence-corrected chi connectivity index (χ3v) is 5.67. The number of benzene rings is 1.